The lowest BCUT2D eigenvalue weighted by Crippen LogP contribution is -2.41. The van der Waals surface area contributed by atoms with Crippen LogP contribution in [0, 0.1) is 13.8 Å². The maximum Gasteiger partial charge on any atom is 0.345 e. The maximum absolute atomic E-state index is 14.2. The predicted molar refractivity (Wildman–Crippen MR) is 205 cm³/mol. The SMILES string of the molecule is CCCC[N+](C)(C)CCCCCCCCOc1ccc2c(c1)c(C(=O)Oc1c(C)cc(C(=O)OC)cc1C)c1ccccc1[n+]2CCCS(=O)(=O)O. The fourth-order valence-corrected chi connectivity index (χ4v) is 7.32. The van der Waals surface area contributed by atoms with Crippen molar-refractivity contribution in [2.45, 2.75) is 85.1 Å². The number of esters is 2. The molecule has 1 N–H and O–H groups in total. The number of quaternary nitrogens is 1. The smallest absolute Gasteiger partial charge is 0.345 e. The molecular weight excluding hydrogens is 681 g/mol. The zero-order chi connectivity index (χ0) is 37.9. The highest BCUT2D eigenvalue weighted by Gasteiger charge is 2.27. The molecule has 1 aromatic heterocycles. The Morgan fingerprint density at radius 1 is 0.788 bits per heavy atom. The Morgan fingerprint density at radius 3 is 2.10 bits per heavy atom. The van der Waals surface area contributed by atoms with Gasteiger partial charge in [-0.2, -0.15) is 13.0 Å². The van der Waals surface area contributed by atoms with Crippen LogP contribution < -0.4 is 14.0 Å². The molecule has 10 nitrogen and oxygen atoms in total. The molecule has 3 aromatic carbocycles. The van der Waals surface area contributed by atoms with Crippen LogP contribution in [0.2, 0.25) is 0 Å². The van der Waals surface area contributed by atoms with Gasteiger partial charge in [0.2, 0.25) is 11.0 Å². The normalized spacial score (nSPS) is 12.0. The second-order valence-corrected chi connectivity index (χ2v) is 16.0. The standard InChI is InChI=1S/C41H55N2O8S/c1-7-8-23-43(4,5)24-15-11-9-10-12-16-25-50-33-20-21-37-35(29-33)38(34-18-13-14-19-36(34)42(37)22-17-26-52(46,47)48)41(45)51-39-30(2)27-32(28-31(39)3)40(44)49-6/h13-14,18-21,27-29H,7-12,15-17,22-26H2,1-6H3/q+1/p+1. The number of carbonyl (C=O) groups excluding carboxylic acids is 2. The van der Waals surface area contributed by atoms with Crippen LogP contribution >= 0.6 is 0 Å². The van der Waals surface area contributed by atoms with E-state index >= 15 is 0 Å². The number of para-hydroxylation sites is 1. The molecule has 0 unspecified atom stereocenters. The minimum atomic E-state index is -4.15. The van der Waals surface area contributed by atoms with Crippen molar-refractivity contribution in [2.24, 2.45) is 0 Å². The van der Waals surface area contributed by atoms with Crippen LogP contribution in [0.3, 0.4) is 0 Å². The van der Waals surface area contributed by atoms with Gasteiger partial charge in [0.15, 0.2) is 6.54 Å². The second-order valence-electron chi connectivity index (χ2n) is 14.4. The van der Waals surface area contributed by atoms with Crippen LogP contribution in [0.5, 0.6) is 11.5 Å². The molecule has 0 bridgehead atoms. The summed E-state index contributed by atoms with van der Waals surface area (Å²) in [6.45, 7) is 9.07. The molecule has 0 amide bonds. The number of hydrogen-bond acceptors (Lipinski definition) is 7. The average molecular weight is 737 g/mol. The van der Waals surface area contributed by atoms with E-state index in [4.69, 9.17) is 14.2 Å². The summed E-state index contributed by atoms with van der Waals surface area (Å²) in [6.07, 6.45) is 9.54. The van der Waals surface area contributed by atoms with E-state index in [0.29, 0.717) is 62.2 Å². The van der Waals surface area contributed by atoms with E-state index < -0.39 is 27.8 Å². The number of rotatable bonds is 20. The lowest BCUT2D eigenvalue weighted by Gasteiger charge is -2.29. The number of aromatic nitrogens is 1. The third kappa shape index (κ3) is 11.2. The van der Waals surface area contributed by atoms with Crippen molar-refractivity contribution < 1.29 is 45.8 Å². The second kappa shape index (κ2) is 18.6. The van der Waals surface area contributed by atoms with Gasteiger partial charge in [0.25, 0.3) is 10.1 Å². The first-order chi connectivity index (χ1) is 24.7. The van der Waals surface area contributed by atoms with Gasteiger partial charge in [-0.25, -0.2) is 9.59 Å². The molecule has 0 spiro atoms. The van der Waals surface area contributed by atoms with E-state index in [1.54, 1.807) is 26.0 Å². The first kappa shape index (κ1) is 40.7. The molecule has 52 heavy (non-hydrogen) atoms. The Hall–Kier alpha value is -4.06. The lowest BCUT2D eigenvalue weighted by molar-refractivity contribution is -0.890. The number of ether oxygens (including phenoxy) is 3. The van der Waals surface area contributed by atoms with E-state index in [9.17, 15) is 22.6 Å². The van der Waals surface area contributed by atoms with Crippen LogP contribution in [0.1, 0.15) is 96.6 Å². The molecule has 0 saturated carbocycles. The molecule has 0 atom stereocenters. The zero-order valence-corrected chi connectivity index (χ0v) is 32.5. The largest absolute Gasteiger partial charge is 0.494 e. The molecule has 11 heteroatoms. The summed E-state index contributed by atoms with van der Waals surface area (Å²) in [5.74, 6) is -0.480. The average Bonchev–Trinajstić information content (AvgIpc) is 3.10. The van der Waals surface area contributed by atoms with Crippen LogP contribution in [-0.4, -0.2) is 76.0 Å². The first-order valence-corrected chi connectivity index (χ1v) is 20.1. The van der Waals surface area contributed by atoms with E-state index in [1.165, 1.54) is 52.3 Å². The highest BCUT2D eigenvalue weighted by Crippen LogP contribution is 2.32. The summed E-state index contributed by atoms with van der Waals surface area (Å²) in [5, 5.41) is 1.22. The number of carbonyl (C=O) groups is 2. The third-order valence-electron chi connectivity index (χ3n) is 9.60. The van der Waals surface area contributed by atoms with E-state index in [1.807, 2.05) is 47.0 Å². The van der Waals surface area contributed by atoms with Gasteiger partial charge in [-0.05, 0) is 81.0 Å². The van der Waals surface area contributed by atoms with Crippen LogP contribution in [-0.2, 0) is 21.4 Å². The molecule has 0 saturated heterocycles. The van der Waals surface area contributed by atoms with Gasteiger partial charge >= 0.3 is 11.9 Å². The number of nitrogens with zero attached hydrogens (tertiary/aromatic N) is 2. The quantitative estimate of drug-likeness (QED) is 0.0186. The van der Waals surface area contributed by atoms with Crippen molar-refractivity contribution in [3.63, 3.8) is 0 Å². The maximum atomic E-state index is 14.2. The van der Waals surface area contributed by atoms with E-state index in [2.05, 4.69) is 21.0 Å². The van der Waals surface area contributed by atoms with Crippen molar-refractivity contribution in [2.75, 3.05) is 46.7 Å². The summed E-state index contributed by atoms with van der Waals surface area (Å²) in [6, 6.07) is 16.2. The predicted octanol–water partition coefficient (Wildman–Crippen LogP) is 7.78. The molecule has 1 heterocycles. The summed E-state index contributed by atoms with van der Waals surface area (Å²) in [7, 11) is 1.82. The van der Waals surface area contributed by atoms with Crippen molar-refractivity contribution in [1.29, 1.82) is 0 Å². The molecule has 0 aliphatic rings. The Balaban J connectivity index is 1.57. The molecule has 0 fully saturated rings. The van der Waals surface area contributed by atoms with Gasteiger partial charge in [-0.15, -0.1) is 0 Å². The zero-order valence-electron chi connectivity index (χ0n) is 31.7. The fourth-order valence-electron chi connectivity index (χ4n) is 6.83. The molecule has 282 valence electrons. The highest BCUT2D eigenvalue weighted by molar-refractivity contribution is 7.85. The van der Waals surface area contributed by atoms with Crippen molar-refractivity contribution >= 4 is 43.9 Å². The Bertz CT molecular complexity index is 1950. The van der Waals surface area contributed by atoms with Gasteiger partial charge in [-0.3, -0.25) is 4.55 Å². The van der Waals surface area contributed by atoms with Gasteiger partial charge in [-0.1, -0.05) is 44.7 Å². The number of pyridine rings is 1. The first-order valence-electron chi connectivity index (χ1n) is 18.4. The van der Waals surface area contributed by atoms with Crippen LogP contribution in [0.25, 0.3) is 21.8 Å². The Morgan fingerprint density at radius 2 is 1.42 bits per heavy atom. The summed E-state index contributed by atoms with van der Waals surface area (Å²) < 4.78 is 52.8. The van der Waals surface area contributed by atoms with Gasteiger partial charge in [0.05, 0.1) is 68.6 Å². The molecular formula is C41H56N2O8S+2. The fraction of sp³-hybridized carbons (Fsp3) is 0.488. The number of hydrogen-bond donors (Lipinski definition) is 1. The number of fused-ring (bicyclic) bond motifs is 2. The third-order valence-corrected chi connectivity index (χ3v) is 10.4. The van der Waals surface area contributed by atoms with Gasteiger partial charge in [0, 0.05) is 18.6 Å². The monoisotopic (exact) mass is 736 g/mol. The summed E-state index contributed by atoms with van der Waals surface area (Å²) >= 11 is 0. The Labute approximate surface area is 309 Å². The van der Waals surface area contributed by atoms with Crippen LogP contribution in [0.15, 0.2) is 54.6 Å². The number of benzene rings is 3. The van der Waals surface area contributed by atoms with Gasteiger partial charge < -0.3 is 18.7 Å². The van der Waals surface area contributed by atoms with E-state index in [0.717, 1.165) is 23.7 Å². The minimum absolute atomic E-state index is 0.172. The Kier molecular flexibility index (Phi) is 14.6. The van der Waals surface area contributed by atoms with Gasteiger partial charge in [0.1, 0.15) is 11.5 Å². The molecule has 4 aromatic rings. The number of unbranched alkanes of at least 4 members (excludes halogenated alkanes) is 6. The summed E-state index contributed by atoms with van der Waals surface area (Å²) in [5.41, 5.74) is 3.33. The lowest BCUT2D eigenvalue weighted by atomic mass is 10.0. The summed E-state index contributed by atoms with van der Waals surface area (Å²) in [4.78, 5) is 26.4. The molecule has 0 radical (unpaired) electrons. The van der Waals surface area contributed by atoms with Crippen molar-refractivity contribution in [3.05, 3.63) is 76.9 Å². The van der Waals surface area contributed by atoms with Crippen molar-refractivity contribution in [3.8, 4) is 11.5 Å². The highest BCUT2D eigenvalue weighted by atomic mass is 32.2. The van der Waals surface area contributed by atoms with Crippen molar-refractivity contribution in [1.82, 2.24) is 0 Å². The topological polar surface area (TPSA) is 120 Å². The number of methoxy groups -OCH3 is 1. The molecule has 4 rings (SSSR count). The molecule has 0 aliphatic carbocycles. The molecule has 0 aliphatic heterocycles. The van der Waals surface area contributed by atoms with Crippen LogP contribution in [0.4, 0.5) is 0 Å². The number of aryl methyl sites for hydroxylation is 3. The van der Waals surface area contributed by atoms with E-state index in [-0.39, 0.29) is 13.0 Å². The minimum Gasteiger partial charge on any atom is -0.494 e.